The van der Waals surface area contributed by atoms with E-state index in [4.69, 9.17) is 0 Å². The number of thiazole rings is 1. The molecule has 3 aliphatic rings. The summed E-state index contributed by atoms with van der Waals surface area (Å²) in [4.78, 5) is 36.8. The Labute approximate surface area is 192 Å². The molecule has 29 heavy (non-hydrogen) atoms. The Morgan fingerprint density at radius 2 is 1.79 bits per heavy atom. The minimum absolute atomic E-state index is 0. The van der Waals surface area contributed by atoms with Gasteiger partial charge in [0.1, 0.15) is 0 Å². The molecule has 0 radical (unpaired) electrons. The molecule has 2 aliphatic carbocycles. The minimum atomic E-state index is -0.119. The van der Waals surface area contributed by atoms with Crippen molar-refractivity contribution in [2.45, 2.75) is 26.7 Å². The first-order valence-corrected chi connectivity index (χ1v) is 10.7. The molecule has 9 heteroatoms. The van der Waals surface area contributed by atoms with Crippen LogP contribution in [0.4, 0.5) is 0 Å². The van der Waals surface area contributed by atoms with Gasteiger partial charge in [-0.1, -0.05) is 12.2 Å². The first kappa shape index (κ1) is 22.2. The highest BCUT2D eigenvalue weighted by atomic mass is 127. The molecule has 4 atom stereocenters. The van der Waals surface area contributed by atoms with Crippen molar-refractivity contribution in [2.24, 2.45) is 28.7 Å². The fourth-order valence-corrected chi connectivity index (χ4v) is 5.73. The largest absolute Gasteiger partial charge is 0.356 e. The van der Waals surface area contributed by atoms with Crippen molar-refractivity contribution in [1.29, 1.82) is 0 Å². The third kappa shape index (κ3) is 4.21. The van der Waals surface area contributed by atoms with E-state index in [9.17, 15) is 9.59 Å². The van der Waals surface area contributed by atoms with Crippen molar-refractivity contribution in [1.82, 2.24) is 20.5 Å². The Morgan fingerprint density at radius 1 is 1.17 bits per heavy atom. The molecule has 2 N–H and O–H groups in total. The number of carbonyl (C=O) groups is 2. The molecule has 4 unspecified atom stereocenters. The minimum Gasteiger partial charge on any atom is -0.356 e. The van der Waals surface area contributed by atoms with Gasteiger partial charge in [-0.05, 0) is 32.1 Å². The van der Waals surface area contributed by atoms with Crippen LogP contribution in [0.3, 0.4) is 0 Å². The van der Waals surface area contributed by atoms with Crippen molar-refractivity contribution in [3.05, 3.63) is 27.7 Å². The summed E-state index contributed by atoms with van der Waals surface area (Å²) in [5.74, 6) is 0.979. The van der Waals surface area contributed by atoms with Gasteiger partial charge in [-0.3, -0.25) is 19.5 Å². The lowest BCUT2D eigenvalue weighted by atomic mass is 9.85. The maximum Gasteiger partial charge on any atom is 0.233 e. The third-order valence-electron chi connectivity index (χ3n) is 6.06. The van der Waals surface area contributed by atoms with Gasteiger partial charge in [0.15, 0.2) is 5.96 Å². The van der Waals surface area contributed by atoms with Gasteiger partial charge in [0, 0.05) is 38.0 Å². The summed E-state index contributed by atoms with van der Waals surface area (Å²) < 4.78 is 0. The highest BCUT2D eigenvalue weighted by Crippen LogP contribution is 2.52. The second kappa shape index (κ2) is 9.11. The summed E-state index contributed by atoms with van der Waals surface area (Å²) >= 11 is 1.72. The lowest BCUT2D eigenvalue weighted by Gasteiger charge is -2.18. The lowest BCUT2D eigenvalue weighted by molar-refractivity contribution is -0.140. The molecule has 2 fully saturated rings. The molecule has 2 heterocycles. The van der Waals surface area contributed by atoms with Gasteiger partial charge in [-0.2, -0.15) is 0 Å². The predicted molar refractivity (Wildman–Crippen MR) is 125 cm³/mol. The number of likely N-dealkylation sites (tertiary alicyclic amines) is 1. The average Bonchev–Trinajstić information content (AvgIpc) is 3.41. The second-order valence-electron chi connectivity index (χ2n) is 7.75. The van der Waals surface area contributed by atoms with Crippen molar-refractivity contribution in [3.8, 4) is 0 Å². The number of hydrogen-bond donors (Lipinski definition) is 2. The monoisotopic (exact) mass is 529 g/mol. The molecule has 2 bridgehead atoms. The summed E-state index contributed by atoms with van der Waals surface area (Å²) in [6, 6.07) is 0. The van der Waals surface area contributed by atoms with Crippen LogP contribution in [0.2, 0.25) is 0 Å². The van der Waals surface area contributed by atoms with Crippen LogP contribution in [0.5, 0.6) is 0 Å². The molecule has 1 aromatic heterocycles. The topological polar surface area (TPSA) is 86.7 Å². The van der Waals surface area contributed by atoms with Crippen LogP contribution in [-0.4, -0.2) is 54.3 Å². The van der Waals surface area contributed by atoms with E-state index in [0.29, 0.717) is 19.0 Å². The molecule has 4 rings (SSSR count). The lowest BCUT2D eigenvalue weighted by Crippen LogP contribution is -2.44. The first-order chi connectivity index (χ1) is 13.5. The molecule has 0 aromatic carbocycles. The van der Waals surface area contributed by atoms with Crippen LogP contribution in [-0.2, 0) is 16.0 Å². The quantitative estimate of drug-likeness (QED) is 0.193. The van der Waals surface area contributed by atoms with Crippen LogP contribution in [0.1, 0.15) is 22.0 Å². The predicted octanol–water partition coefficient (Wildman–Crippen LogP) is 1.89. The van der Waals surface area contributed by atoms with Gasteiger partial charge in [0.25, 0.3) is 0 Å². The van der Waals surface area contributed by atoms with Crippen LogP contribution >= 0.6 is 35.3 Å². The van der Waals surface area contributed by atoms with Crippen molar-refractivity contribution in [2.75, 3.05) is 26.7 Å². The van der Waals surface area contributed by atoms with Crippen molar-refractivity contribution >= 4 is 53.1 Å². The number of hydrogen-bond acceptors (Lipinski definition) is 5. The molecule has 0 spiro atoms. The van der Waals surface area contributed by atoms with Gasteiger partial charge in [-0.15, -0.1) is 35.3 Å². The number of nitrogens with one attached hydrogen (secondary N) is 2. The molecule has 2 amide bonds. The Morgan fingerprint density at radius 3 is 2.34 bits per heavy atom. The summed E-state index contributed by atoms with van der Waals surface area (Å²) in [5, 5.41) is 7.58. The van der Waals surface area contributed by atoms with E-state index in [1.807, 2.05) is 13.8 Å². The molecular formula is C20H28IN5O2S. The van der Waals surface area contributed by atoms with E-state index in [1.165, 1.54) is 9.78 Å². The van der Waals surface area contributed by atoms with E-state index < -0.39 is 0 Å². The number of nitrogens with zero attached hydrogens (tertiary/aromatic N) is 3. The number of aryl methyl sites for hydroxylation is 2. The Balaban J connectivity index is 0.00000240. The fourth-order valence-electron chi connectivity index (χ4n) is 4.79. The van der Waals surface area contributed by atoms with Crippen LogP contribution < -0.4 is 10.6 Å². The summed E-state index contributed by atoms with van der Waals surface area (Å²) in [5.41, 5.74) is 1.09. The zero-order valence-corrected chi connectivity index (χ0v) is 20.1. The number of halogens is 1. The molecular weight excluding hydrogens is 501 g/mol. The van der Waals surface area contributed by atoms with E-state index >= 15 is 0 Å². The summed E-state index contributed by atoms with van der Waals surface area (Å²) in [6.07, 6.45) is 6.10. The number of allylic oxidation sites excluding steroid dienone is 2. The zero-order valence-electron chi connectivity index (χ0n) is 17.0. The fraction of sp³-hybridized carbons (Fsp3) is 0.600. The Kier molecular flexibility index (Phi) is 6.98. The molecule has 1 saturated heterocycles. The summed E-state index contributed by atoms with van der Waals surface area (Å²) in [7, 11) is 1.72. The smallest absolute Gasteiger partial charge is 0.233 e. The second-order valence-corrected chi connectivity index (χ2v) is 9.03. The molecule has 1 aromatic rings. The van der Waals surface area contributed by atoms with E-state index in [0.717, 1.165) is 30.1 Å². The number of fused-ring (bicyclic) bond motifs is 5. The third-order valence-corrected chi connectivity index (χ3v) is 7.19. The molecule has 7 nitrogen and oxygen atoms in total. The van der Waals surface area contributed by atoms with Crippen molar-refractivity contribution in [3.63, 3.8) is 0 Å². The SMILES string of the molecule is CN=C(NCCc1sc(C)nc1C)NCCN1C(=O)C2C3C=CC(C3)C2C1=O.I. The normalized spacial score (nSPS) is 27.4. The maximum atomic E-state index is 12.7. The summed E-state index contributed by atoms with van der Waals surface area (Å²) in [6.45, 7) is 5.69. The number of aliphatic imine (C=N–C) groups is 1. The Bertz CT molecular complexity index is 822. The van der Waals surface area contributed by atoms with Crippen LogP contribution in [0.15, 0.2) is 17.1 Å². The van der Waals surface area contributed by atoms with E-state index in [1.54, 1.807) is 18.4 Å². The van der Waals surface area contributed by atoms with Gasteiger partial charge in [0.05, 0.1) is 22.5 Å². The molecule has 1 aliphatic heterocycles. The zero-order chi connectivity index (χ0) is 19.8. The van der Waals surface area contributed by atoms with Gasteiger partial charge in [-0.25, -0.2) is 4.98 Å². The molecule has 1 saturated carbocycles. The van der Waals surface area contributed by atoms with Crippen LogP contribution in [0.25, 0.3) is 0 Å². The number of rotatable bonds is 6. The van der Waals surface area contributed by atoms with Gasteiger partial charge < -0.3 is 10.6 Å². The maximum absolute atomic E-state index is 12.7. The number of imide groups is 1. The Hall–Kier alpha value is -1.49. The van der Waals surface area contributed by atoms with Crippen LogP contribution in [0, 0.1) is 37.5 Å². The van der Waals surface area contributed by atoms with E-state index in [-0.39, 0.29) is 59.5 Å². The number of carbonyl (C=O) groups excluding carboxylic acids is 2. The van der Waals surface area contributed by atoms with E-state index in [2.05, 4.69) is 32.8 Å². The van der Waals surface area contributed by atoms with Gasteiger partial charge in [0.2, 0.25) is 11.8 Å². The molecule has 158 valence electrons. The standard InChI is InChI=1S/C20H27N5O2S.HI/c1-11-15(28-12(2)24-11)6-7-22-20(21-3)23-8-9-25-18(26)16-13-4-5-14(10-13)17(16)19(25)27;/h4-5,13-14,16-17H,6-10H2,1-3H3,(H2,21,22,23);1H. The van der Waals surface area contributed by atoms with Gasteiger partial charge >= 0.3 is 0 Å². The number of amides is 2. The number of guanidine groups is 1. The average molecular weight is 529 g/mol. The number of aromatic nitrogens is 1. The van der Waals surface area contributed by atoms with Crippen molar-refractivity contribution < 1.29 is 9.59 Å². The highest BCUT2D eigenvalue weighted by Gasteiger charge is 2.58. The first-order valence-electron chi connectivity index (χ1n) is 9.90. The highest BCUT2D eigenvalue weighted by molar-refractivity contribution is 14.0.